The lowest BCUT2D eigenvalue weighted by Crippen LogP contribution is -2.26. The highest BCUT2D eigenvalue weighted by atomic mass is 16.1. The molecule has 0 bridgehead atoms. The van der Waals surface area contributed by atoms with E-state index in [-0.39, 0.29) is 11.9 Å². The summed E-state index contributed by atoms with van der Waals surface area (Å²) in [7, 11) is 0. The Morgan fingerprint density at radius 1 is 0.935 bits per heavy atom. The second-order valence-corrected chi connectivity index (χ2v) is 7.63. The summed E-state index contributed by atoms with van der Waals surface area (Å²) in [6.07, 6.45) is 5.09. The van der Waals surface area contributed by atoms with E-state index in [0.29, 0.717) is 18.2 Å². The van der Waals surface area contributed by atoms with E-state index in [1.54, 1.807) is 24.7 Å². The number of para-hydroxylation sites is 1. The van der Waals surface area contributed by atoms with Crippen molar-refractivity contribution in [3.63, 3.8) is 0 Å². The van der Waals surface area contributed by atoms with E-state index in [2.05, 4.69) is 50.8 Å². The molecular formula is C24H22N6O. The maximum Gasteiger partial charge on any atom is 0.268 e. The second-order valence-electron chi connectivity index (χ2n) is 7.63. The van der Waals surface area contributed by atoms with E-state index in [1.807, 2.05) is 41.0 Å². The highest BCUT2D eigenvalue weighted by Gasteiger charge is 2.24. The van der Waals surface area contributed by atoms with Crippen molar-refractivity contribution in [1.82, 2.24) is 29.4 Å². The number of nitrogens with one attached hydrogen (secondary N) is 1. The fourth-order valence-corrected chi connectivity index (χ4v) is 4.06. The van der Waals surface area contributed by atoms with Crippen LogP contribution in [0.4, 0.5) is 0 Å². The van der Waals surface area contributed by atoms with Gasteiger partial charge in [-0.3, -0.25) is 14.3 Å². The summed E-state index contributed by atoms with van der Waals surface area (Å²) >= 11 is 0. The van der Waals surface area contributed by atoms with Crippen LogP contribution in [0.25, 0.3) is 27.9 Å². The van der Waals surface area contributed by atoms with Crippen molar-refractivity contribution in [2.24, 2.45) is 0 Å². The van der Waals surface area contributed by atoms with Gasteiger partial charge in [-0.2, -0.15) is 0 Å². The number of hydrogen-bond acceptors (Lipinski definition) is 4. The third-order valence-electron chi connectivity index (χ3n) is 5.32. The molecule has 0 aliphatic rings. The van der Waals surface area contributed by atoms with Crippen LogP contribution in [0.3, 0.4) is 0 Å². The largest absolute Gasteiger partial charge is 0.345 e. The van der Waals surface area contributed by atoms with Gasteiger partial charge in [-0.25, -0.2) is 9.97 Å². The Kier molecular flexibility index (Phi) is 4.71. The molecule has 7 nitrogen and oxygen atoms in total. The number of amides is 1. The molecule has 1 N–H and O–H groups in total. The van der Waals surface area contributed by atoms with Gasteiger partial charge in [0.1, 0.15) is 5.69 Å². The summed E-state index contributed by atoms with van der Waals surface area (Å²) in [6, 6.07) is 17.8. The predicted octanol–water partition coefficient (Wildman–Crippen LogP) is 4.28. The first-order valence-corrected chi connectivity index (χ1v) is 10.2. The number of hydrogen-bond donors (Lipinski definition) is 1. The molecule has 1 aromatic carbocycles. The molecule has 0 fully saturated rings. The zero-order chi connectivity index (χ0) is 21.4. The van der Waals surface area contributed by atoms with Crippen LogP contribution in [-0.2, 0) is 6.54 Å². The van der Waals surface area contributed by atoms with E-state index >= 15 is 0 Å². The van der Waals surface area contributed by atoms with Crippen LogP contribution in [0.5, 0.6) is 0 Å². The Balaban J connectivity index is 1.71. The molecule has 0 saturated heterocycles. The number of rotatable bonds is 5. The molecule has 0 aliphatic heterocycles. The third kappa shape index (κ3) is 3.24. The van der Waals surface area contributed by atoms with Crippen molar-refractivity contribution < 1.29 is 4.79 Å². The van der Waals surface area contributed by atoms with Gasteiger partial charge in [-0.1, -0.05) is 24.3 Å². The van der Waals surface area contributed by atoms with Crippen LogP contribution in [0, 0.1) is 0 Å². The topological polar surface area (TPSA) is 77.6 Å². The zero-order valence-electron chi connectivity index (χ0n) is 17.4. The Hall–Kier alpha value is -4.00. The van der Waals surface area contributed by atoms with Crippen molar-refractivity contribution >= 4 is 27.8 Å². The molecule has 0 spiro atoms. The monoisotopic (exact) mass is 410 g/mol. The van der Waals surface area contributed by atoms with Gasteiger partial charge in [0, 0.05) is 30.0 Å². The van der Waals surface area contributed by atoms with Gasteiger partial charge in [-0.15, -0.1) is 0 Å². The molecular weight excluding hydrogens is 388 g/mol. The zero-order valence-corrected chi connectivity index (χ0v) is 17.4. The number of carbonyl (C=O) groups is 1. The number of nitrogens with zero attached hydrogens (tertiary/aromatic N) is 5. The molecule has 0 atom stereocenters. The Bertz CT molecular complexity index is 1370. The van der Waals surface area contributed by atoms with Gasteiger partial charge in [0.15, 0.2) is 0 Å². The van der Waals surface area contributed by atoms with Crippen LogP contribution in [0.1, 0.15) is 36.1 Å². The fraction of sp³-hybridized carbons (Fsp3) is 0.167. The summed E-state index contributed by atoms with van der Waals surface area (Å²) < 4.78 is 4.10. The lowest BCUT2D eigenvalue weighted by atomic mass is 10.2. The summed E-state index contributed by atoms with van der Waals surface area (Å²) in [4.78, 5) is 26.4. The van der Waals surface area contributed by atoms with E-state index in [0.717, 1.165) is 27.6 Å². The summed E-state index contributed by atoms with van der Waals surface area (Å²) in [5.74, 6) is 0.265. The number of pyridine rings is 1. The van der Waals surface area contributed by atoms with E-state index < -0.39 is 0 Å². The van der Waals surface area contributed by atoms with E-state index in [1.165, 1.54) is 0 Å². The Morgan fingerprint density at radius 3 is 2.42 bits per heavy atom. The SMILES string of the molecule is CC(C)n1c2ccccc2c2c1cc(C(=O)NCc1ccccn1)n2-c1ncccn1. The second kappa shape index (κ2) is 7.68. The van der Waals surface area contributed by atoms with Crippen molar-refractivity contribution in [2.75, 3.05) is 0 Å². The normalized spacial score (nSPS) is 11.5. The van der Waals surface area contributed by atoms with Crippen molar-refractivity contribution in [2.45, 2.75) is 26.4 Å². The van der Waals surface area contributed by atoms with Gasteiger partial charge in [0.2, 0.25) is 5.95 Å². The third-order valence-corrected chi connectivity index (χ3v) is 5.32. The maximum absolute atomic E-state index is 13.3. The quantitative estimate of drug-likeness (QED) is 0.469. The molecule has 0 saturated carbocycles. The number of carbonyl (C=O) groups excluding carboxylic acids is 1. The molecule has 4 heterocycles. The number of aromatic nitrogens is 5. The summed E-state index contributed by atoms with van der Waals surface area (Å²) in [6.45, 7) is 4.63. The first-order valence-electron chi connectivity index (χ1n) is 10.2. The van der Waals surface area contributed by atoms with Gasteiger partial charge >= 0.3 is 0 Å². The Labute approximate surface area is 179 Å². The average molecular weight is 410 g/mol. The summed E-state index contributed by atoms with van der Waals surface area (Å²) in [5, 5.41) is 4.04. The molecule has 31 heavy (non-hydrogen) atoms. The maximum atomic E-state index is 13.3. The molecule has 4 aromatic heterocycles. The smallest absolute Gasteiger partial charge is 0.268 e. The minimum atomic E-state index is -0.200. The predicted molar refractivity (Wildman–Crippen MR) is 120 cm³/mol. The minimum Gasteiger partial charge on any atom is -0.345 e. The number of benzene rings is 1. The lowest BCUT2D eigenvalue weighted by Gasteiger charge is -2.11. The first-order chi connectivity index (χ1) is 15.1. The van der Waals surface area contributed by atoms with Crippen LogP contribution in [-0.4, -0.2) is 30.0 Å². The summed E-state index contributed by atoms with van der Waals surface area (Å²) in [5.41, 5.74) is 4.32. The molecule has 0 radical (unpaired) electrons. The van der Waals surface area contributed by atoms with Crippen LogP contribution in [0.15, 0.2) is 73.2 Å². The van der Waals surface area contributed by atoms with Crippen LogP contribution in [0.2, 0.25) is 0 Å². The number of fused-ring (bicyclic) bond motifs is 3. The van der Waals surface area contributed by atoms with Crippen molar-refractivity contribution in [3.05, 3.63) is 84.6 Å². The average Bonchev–Trinajstić information content (AvgIpc) is 3.33. The fourth-order valence-electron chi connectivity index (χ4n) is 4.06. The highest BCUT2D eigenvalue weighted by Crippen LogP contribution is 2.35. The molecule has 0 aliphatic carbocycles. The Morgan fingerprint density at radius 2 is 1.68 bits per heavy atom. The van der Waals surface area contributed by atoms with Gasteiger partial charge in [0.05, 0.1) is 28.8 Å². The molecule has 5 aromatic rings. The highest BCUT2D eigenvalue weighted by molar-refractivity contribution is 6.11. The standard InChI is InChI=1S/C24H22N6O/c1-16(2)29-19-10-4-3-9-18(19)22-20(29)14-21(30(22)24-26-12-7-13-27-24)23(31)28-15-17-8-5-6-11-25-17/h3-14,16H,15H2,1-2H3,(H,28,31). The molecule has 0 unspecified atom stereocenters. The van der Waals surface area contributed by atoms with Crippen molar-refractivity contribution in [1.29, 1.82) is 0 Å². The molecule has 1 amide bonds. The molecule has 154 valence electrons. The van der Waals surface area contributed by atoms with E-state index in [9.17, 15) is 4.79 Å². The molecule has 7 heteroatoms. The molecule has 5 rings (SSSR count). The minimum absolute atomic E-state index is 0.200. The van der Waals surface area contributed by atoms with Crippen LogP contribution >= 0.6 is 0 Å². The van der Waals surface area contributed by atoms with Crippen molar-refractivity contribution in [3.8, 4) is 5.95 Å². The first kappa shape index (κ1) is 19.0. The van der Waals surface area contributed by atoms with Gasteiger partial charge in [-0.05, 0) is 44.2 Å². The van der Waals surface area contributed by atoms with E-state index in [4.69, 9.17) is 0 Å². The van der Waals surface area contributed by atoms with Crippen LogP contribution < -0.4 is 5.32 Å². The van der Waals surface area contributed by atoms with Gasteiger partial charge < -0.3 is 9.88 Å². The lowest BCUT2D eigenvalue weighted by molar-refractivity contribution is 0.0943. The van der Waals surface area contributed by atoms with Gasteiger partial charge in [0.25, 0.3) is 5.91 Å².